The summed E-state index contributed by atoms with van der Waals surface area (Å²) in [6.07, 6.45) is 7.04. The van der Waals surface area contributed by atoms with E-state index in [1.54, 1.807) is 21.3 Å². The van der Waals surface area contributed by atoms with Gasteiger partial charge >= 0.3 is 14.8 Å². The van der Waals surface area contributed by atoms with Crippen molar-refractivity contribution in [1.82, 2.24) is 0 Å². The van der Waals surface area contributed by atoms with Crippen LogP contribution in [-0.4, -0.2) is 41.9 Å². The molecular formula is C14H30O5SSi. The van der Waals surface area contributed by atoms with E-state index in [2.05, 4.69) is 6.92 Å². The van der Waals surface area contributed by atoms with Crippen LogP contribution in [0.25, 0.3) is 0 Å². The maximum absolute atomic E-state index is 11.5. The summed E-state index contributed by atoms with van der Waals surface area (Å²) in [5.41, 5.74) is 0. The van der Waals surface area contributed by atoms with Gasteiger partial charge in [0, 0.05) is 39.5 Å². The molecule has 0 rings (SSSR count). The second-order valence-electron chi connectivity index (χ2n) is 4.84. The van der Waals surface area contributed by atoms with Crippen molar-refractivity contribution < 1.29 is 22.3 Å². The van der Waals surface area contributed by atoms with Gasteiger partial charge in [0.2, 0.25) is 0 Å². The van der Waals surface area contributed by atoms with Gasteiger partial charge in [-0.25, -0.2) is 0 Å². The highest BCUT2D eigenvalue weighted by atomic mass is 32.2. The molecule has 0 heterocycles. The number of carbonyl (C=O) groups is 1. The molecule has 0 aliphatic carbocycles. The number of carbonyl (C=O) groups excluding carboxylic acids is 1. The predicted octanol–water partition coefficient (Wildman–Crippen LogP) is 3.81. The first kappa shape index (κ1) is 20.9. The Balaban J connectivity index is 3.55. The van der Waals surface area contributed by atoms with Crippen LogP contribution in [0.15, 0.2) is 0 Å². The second kappa shape index (κ2) is 13.6. The Morgan fingerprint density at radius 2 is 1.57 bits per heavy atom. The highest BCUT2D eigenvalue weighted by Gasteiger charge is 2.36. The van der Waals surface area contributed by atoms with Crippen LogP contribution in [0.2, 0.25) is 6.04 Å². The van der Waals surface area contributed by atoms with Crippen LogP contribution in [-0.2, 0) is 22.3 Å². The average molecular weight is 339 g/mol. The molecule has 21 heavy (non-hydrogen) atoms. The third-order valence-corrected chi connectivity index (χ3v) is 6.87. The largest absolute Gasteiger partial charge is 0.500 e. The van der Waals surface area contributed by atoms with Crippen LogP contribution in [0, 0.1) is 0 Å². The Bertz CT molecular complexity index is 253. The van der Waals surface area contributed by atoms with Crippen molar-refractivity contribution in [2.24, 2.45) is 0 Å². The zero-order chi connectivity index (χ0) is 16.0. The molecular weight excluding hydrogens is 308 g/mol. The molecule has 0 aromatic heterocycles. The Hall–Kier alpha value is -0.0831. The van der Waals surface area contributed by atoms with Crippen LogP contribution >= 0.6 is 12.0 Å². The van der Waals surface area contributed by atoms with Crippen molar-refractivity contribution in [3.63, 3.8) is 0 Å². The molecule has 0 amide bonds. The monoisotopic (exact) mass is 338 g/mol. The third kappa shape index (κ3) is 10.3. The molecule has 0 saturated heterocycles. The molecule has 0 fully saturated rings. The lowest BCUT2D eigenvalue weighted by molar-refractivity contribution is -0.133. The van der Waals surface area contributed by atoms with Crippen molar-refractivity contribution in [3.05, 3.63) is 0 Å². The van der Waals surface area contributed by atoms with E-state index in [4.69, 9.17) is 17.5 Å². The minimum atomic E-state index is -2.48. The van der Waals surface area contributed by atoms with Gasteiger partial charge in [-0.1, -0.05) is 32.6 Å². The Morgan fingerprint density at radius 3 is 2.14 bits per heavy atom. The quantitative estimate of drug-likeness (QED) is 0.273. The van der Waals surface area contributed by atoms with Gasteiger partial charge in [0.1, 0.15) is 0 Å². The van der Waals surface area contributed by atoms with E-state index in [0.29, 0.717) is 6.42 Å². The molecule has 0 spiro atoms. The second-order valence-corrected chi connectivity index (χ2v) is 8.74. The van der Waals surface area contributed by atoms with Crippen LogP contribution in [0.3, 0.4) is 0 Å². The van der Waals surface area contributed by atoms with Crippen LogP contribution < -0.4 is 0 Å². The van der Waals surface area contributed by atoms with E-state index >= 15 is 0 Å². The number of hydrogen-bond donors (Lipinski definition) is 0. The lowest BCUT2D eigenvalue weighted by Crippen LogP contribution is -2.42. The van der Waals surface area contributed by atoms with E-state index in [1.807, 2.05) is 0 Å². The van der Waals surface area contributed by atoms with Gasteiger partial charge in [-0.3, -0.25) is 4.79 Å². The fraction of sp³-hybridized carbons (Fsp3) is 0.929. The number of unbranched alkanes of at least 4 members (excludes halogenated alkanes) is 4. The highest BCUT2D eigenvalue weighted by Crippen LogP contribution is 2.18. The molecule has 0 unspecified atom stereocenters. The summed E-state index contributed by atoms with van der Waals surface area (Å²) >= 11 is 1.21. The first-order chi connectivity index (χ1) is 10.1. The number of hydrogen-bond acceptors (Lipinski definition) is 6. The van der Waals surface area contributed by atoms with Gasteiger partial charge < -0.3 is 17.5 Å². The van der Waals surface area contributed by atoms with Crippen LogP contribution in [0.5, 0.6) is 0 Å². The Morgan fingerprint density at radius 1 is 0.952 bits per heavy atom. The zero-order valence-electron chi connectivity index (χ0n) is 13.8. The minimum absolute atomic E-state index is 0.120. The van der Waals surface area contributed by atoms with Gasteiger partial charge in [-0.15, -0.1) is 0 Å². The summed E-state index contributed by atoms with van der Waals surface area (Å²) in [5.74, 6) is 0.608. The molecule has 0 radical (unpaired) electrons. The van der Waals surface area contributed by atoms with Crippen molar-refractivity contribution in [2.75, 3.05) is 27.1 Å². The number of rotatable bonds is 14. The molecule has 126 valence electrons. The fourth-order valence-electron chi connectivity index (χ4n) is 1.93. The summed E-state index contributed by atoms with van der Waals surface area (Å²) in [6, 6.07) is 0.720. The fourth-order valence-corrected chi connectivity index (χ4v) is 4.46. The summed E-state index contributed by atoms with van der Waals surface area (Å²) in [7, 11) is 2.32. The summed E-state index contributed by atoms with van der Waals surface area (Å²) in [6.45, 7) is 2.18. The molecule has 0 saturated carbocycles. The van der Waals surface area contributed by atoms with Crippen molar-refractivity contribution in [1.29, 1.82) is 0 Å². The smallest absolute Gasteiger partial charge is 0.391 e. The minimum Gasteiger partial charge on any atom is -0.391 e. The SMILES string of the molecule is CCCCCCCC(=O)OSCCC[Si](OC)(OC)OC. The van der Waals surface area contributed by atoms with Gasteiger partial charge in [0.15, 0.2) is 0 Å². The molecule has 0 aromatic rings. The average Bonchev–Trinajstić information content (AvgIpc) is 2.51. The molecule has 0 aliphatic heterocycles. The molecule has 0 atom stereocenters. The first-order valence-electron chi connectivity index (χ1n) is 7.61. The topological polar surface area (TPSA) is 54.0 Å². The summed E-state index contributed by atoms with van der Waals surface area (Å²) < 4.78 is 21.1. The maximum atomic E-state index is 11.5. The van der Waals surface area contributed by atoms with Crippen molar-refractivity contribution >= 4 is 26.8 Å². The zero-order valence-corrected chi connectivity index (χ0v) is 15.6. The Labute approximate surface area is 134 Å². The van der Waals surface area contributed by atoms with Gasteiger partial charge in [-0.2, -0.15) is 0 Å². The predicted molar refractivity (Wildman–Crippen MR) is 88.1 cm³/mol. The van der Waals surface area contributed by atoms with Crippen molar-refractivity contribution in [2.45, 2.75) is 57.9 Å². The van der Waals surface area contributed by atoms with Gasteiger partial charge in [0.05, 0.1) is 12.0 Å². The van der Waals surface area contributed by atoms with Crippen LogP contribution in [0.1, 0.15) is 51.9 Å². The first-order valence-corrected chi connectivity index (χ1v) is 10.5. The molecule has 0 aromatic carbocycles. The van der Waals surface area contributed by atoms with Gasteiger partial charge in [-0.05, 0) is 12.8 Å². The highest BCUT2D eigenvalue weighted by molar-refractivity contribution is 7.95. The van der Waals surface area contributed by atoms with Gasteiger partial charge in [0.25, 0.3) is 0 Å². The normalized spacial score (nSPS) is 11.6. The molecule has 0 N–H and O–H groups in total. The molecule has 5 nitrogen and oxygen atoms in total. The van der Waals surface area contributed by atoms with E-state index in [9.17, 15) is 4.79 Å². The van der Waals surface area contributed by atoms with E-state index in [-0.39, 0.29) is 5.97 Å². The van der Waals surface area contributed by atoms with Crippen LogP contribution in [0.4, 0.5) is 0 Å². The standard InChI is InChI=1S/C14H30O5SSi/c1-5-6-7-8-9-11-14(15)19-20-12-10-13-21(16-2,17-3)18-4/h5-13H2,1-4H3. The van der Waals surface area contributed by atoms with E-state index < -0.39 is 8.80 Å². The summed E-state index contributed by atoms with van der Waals surface area (Å²) in [5, 5.41) is 0. The lowest BCUT2D eigenvalue weighted by Gasteiger charge is -2.23. The van der Waals surface area contributed by atoms with E-state index in [0.717, 1.165) is 31.1 Å². The third-order valence-electron chi connectivity index (χ3n) is 3.28. The molecule has 7 heteroatoms. The maximum Gasteiger partial charge on any atom is 0.500 e. The molecule has 0 bridgehead atoms. The Kier molecular flexibility index (Phi) is 13.5. The summed E-state index contributed by atoms with van der Waals surface area (Å²) in [4.78, 5) is 11.5. The van der Waals surface area contributed by atoms with Crippen molar-refractivity contribution in [3.8, 4) is 0 Å². The van der Waals surface area contributed by atoms with E-state index in [1.165, 1.54) is 31.3 Å². The molecule has 0 aliphatic rings. The lowest BCUT2D eigenvalue weighted by atomic mass is 10.1.